The largest absolute Gasteiger partial charge is 0.497 e. The monoisotopic (exact) mass is 456 g/mol. The summed E-state index contributed by atoms with van der Waals surface area (Å²) in [5, 5.41) is 5.15. The van der Waals surface area contributed by atoms with Crippen LogP contribution >= 0.6 is 11.6 Å². The molecule has 0 spiro atoms. The van der Waals surface area contributed by atoms with Crippen molar-refractivity contribution in [2.24, 2.45) is 4.99 Å². The number of halogens is 1. The van der Waals surface area contributed by atoms with Crippen molar-refractivity contribution < 1.29 is 9.30 Å². The topological polar surface area (TPSA) is 69.3 Å². The molecule has 2 aromatic carbocycles. The maximum absolute atomic E-state index is 6.43. The molecule has 0 fully saturated rings. The van der Waals surface area contributed by atoms with Gasteiger partial charge in [0.25, 0.3) is 0 Å². The zero-order valence-corrected chi connectivity index (χ0v) is 19.1. The molecule has 3 heterocycles. The van der Waals surface area contributed by atoms with Crippen LogP contribution < -0.4 is 15.0 Å². The lowest BCUT2D eigenvalue weighted by atomic mass is 10.1. The van der Waals surface area contributed by atoms with E-state index in [1.54, 1.807) is 18.0 Å². The SMILES string of the molecule is COc1ccc(C2=C(C)C(=Nc3cnn(Cc4cccc(Cl)c4)c3N)c3cccc[n+]32)cc1. The first-order valence-electron chi connectivity index (χ1n) is 10.6. The standard InChI is InChI=1S/C26H22ClN5O/c1-17-24(30-22-15-29-32(26(22)28)16-18-6-5-7-20(27)14-18)23-8-3-4-13-31(23)25(17)19-9-11-21(33-2)12-10-19/h3-15,28H,16H2,1-2H3/p+1. The highest BCUT2D eigenvalue weighted by atomic mass is 35.5. The Morgan fingerprint density at radius 3 is 2.67 bits per heavy atom. The summed E-state index contributed by atoms with van der Waals surface area (Å²) in [6.45, 7) is 2.60. The fraction of sp³-hybridized carbons (Fsp3) is 0.115. The number of nitrogen functional groups attached to an aromatic ring is 1. The summed E-state index contributed by atoms with van der Waals surface area (Å²) >= 11 is 6.12. The van der Waals surface area contributed by atoms with Crippen LogP contribution in [0.3, 0.4) is 0 Å². The highest BCUT2D eigenvalue weighted by Gasteiger charge is 2.34. The normalized spacial score (nSPS) is 14.1. The molecule has 2 N–H and O–H groups in total. The van der Waals surface area contributed by atoms with Gasteiger partial charge in [-0.2, -0.15) is 9.67 Å². The number of nitrogens with two attached hydrogens (primary N) is 1. The summed E-state index contributed by atoms with van der Waals surface area (Å²) in [5.41, 5.74) is 13.2. The van der Waals surface area contributed by atoms with Gasteiger partial charge in [0.2, 0.25) is 11.4 Å². The molecule has 2 aromatic heterocycles. The molecular formula is C26H23ClN5O+. The number of ether oxygens (including phenoxy) is 1. The van der Waals surface area contributed by atoms with E-state index in [1.807, 2.05) is 54.7 Å². The number of rotatable bonds is 5. The van der Waals surface area contributed by atoms with E-state index in [4.69, 9.17) is 27.1 Å². The molecule has 0 radical (unpaired) electrons. The first-order valence-corrected chi connectivity index (χ1v) is 10.9. The maximum Gasteiger partial charge on any atom is 0.237 e. The van der Waals surface area contributed by atoms with E-state index in [0.717, 1.165) is 39.6 Å². The van der Waals surface area contributed by atoms with Crippen molar-refractivity contribution in [3.05, 3.63) is 107 Å². The average molecular weight is 457 g/mol. The van der Waals surface area contributed by atoms with Gasteiger partial charge in [0, 0.05) is 22.7 Å². The number of methoxy groups -OCH3 is 1. The molecule has 1 aliphatic rings. The Labute approximate surface area is 197 Å². The smallest absolute Gasteiger partial charge is 0.237 e. The number of hydrogen-bond donors (Lipinski definition) is 1. The Balaban J connectivity index is 1.55. The van der Waals surface area contributed by atoms with Crippen molar-refractivity contribution in [1.82, 2.24) is 9.78 Å². The maximum atomic E-state index is 6.43. The molecule has 0 atom stereocenters. The van der Waals surface area contributed by atoms with Gasteiger partial charge in [0.1, 0.15) is 23.0 Å². The molecule has 4 aromatic rings. The number of fused-ring (bicyclic) bond motifs is 1. The predicted octanol–water partition coefficient (Wildman–Crippen LogP) is 4.88. The van der Waals surface area contributed by atoms with E-state index in [1.165, 1.54) is 0 Å². The quantitative estimate of drug-likeness (QED) is 0.435. The number of allylic oxidation sites excluding steroid dienone is 1. The van der Waals surface area contributed by atoms with Gasteiger partial charge in [-0.15, -0.1) is 0 Å². The van der Waals surface area contributed by atoms with E-state index >= 15 is 0 Å². The van der Waals surface area contributed by atoms with Crippen LogP contribution in [0.4, 0.5) is 11.5 Å². The second-order valence-electron chi connectivity index (χ2n) is 7.82. The number of aliphatic imine (C=N–C) groups is 1. The molecule has 0 unspecified atom stereocenters. The van der Waals surface area contributed by atoms with E-state index < -0.39 is 0 Å². The van der Waals surface area contributed by atoms with Gasteiger partial charge >= 0.3 is 0 Å². The van der Waals surface area contributed by atoms with Crippen molar-refractivity contribution in [2.75, 3.05) is 12.8 Å². The lowest BCUT2D eigenvalue weighted by Crippen LogP contribution is -2.34. The third-order valence-corrected chi connectivity index (χ3v) is 5.97. The van der Waals surface area contributed by atoms with Gasteiger partial charge in [0.15, 0.2) is 6.20 Å². The predicted molar refractivity (Wildman–Crippen MR) is 131 cm³/mol. The van der Waals surface area contributed by atoms with Crippen LogP contribution in [0.2, 0.25) is 5.02 Å². The Morgan fingerprint density at radius 1 is 1.09 bits per heavy atom. The third kappa shape index (κ3) is 3.90. The summed E-state index contributed by atoms with van der Waals surface area (Å²) in [5.74, 6) is 1.33. The number of anilines is 1. The molecular weight excluding hydrogens is 434 g/mol. The molecule has 0 saturated heterocycles. The van der Waals surface area contributed by atoms with Crippen LogP contribution in [0, 0.1) is 0 Å². The van der Waals surface area contributed by atoms with Crippen molar-refractivity contribution in [3.8, 4) is 5.75 Å². The second-order valence-corrected chi connectivity index (χ2v) is 8.26. The molecule has 0 aliphatic carbocycles. The molecule has 33 heavy (non-hydrogen) atoms. The Kier molecular flexibility index (Phi) is 5.44. The van der Waals surface area contributed by atoms with Crippen molar-refractivity contribution in [1.29, 1.82) is 0 Å². The highest BCUT2D eigenvalue weighted by Crippen LogP contribution is 2.30. The molecule has 5 rings (SSSR count). The van der Waals surface area contributed by atoms with Gasteiger partial charge in [-0.1, -0.05) is 23.7 Å². The number of pyridine rings is 1. The van der Waals surface area contributed by atoms with Crippen molar-refractivity contribution in [3.63, 3.8) is 0 Å². The lowest BCUT2D eigenvalue weighted by Gasteiger charge is -2.05. The van der Waals surface area contributed by atoms with Gasteiger partial charge in [-0.05, 0) is 55.0 Å². The molecule has 6 nitrogen and oxygen atoms in total. The van der Waals surface area contributed by atoms with Crippen LogP contribution in [0.25, 0.3) is 5.70 Å². The van der Waals surface area contributed by atoms with Gasteiger partial charge < -0.3 is 10.5 Å². The number of hydrogen-bond acceptors (Lipinski definition) is 4. The first kappa shape index (κ1) is 21.0. The van der Waals surface area contributed by atoms with Gasteiger partial charge in [0.05, 0.1) is 25.4 Å². The number of aromatic nitrogens is 3. The Morgan fingerprint density at radius 2 is 1.91 bits per heavy atom. The summed E-state index contributed by atoms with van der Waals surface area (Å²) in [6.07, 6.45) is 3.76. The minimum atomic E-state index is 0.510. The van der Waals surface area contributed by atoms with E-state index in [0.29, 0.717) is 23.1 Å². The van der Waals surface area contributed by atoms with Crippen LogP contribution in [0.1, 0.15) is 23.7 Å². The van der Waals surface area contributed by atoms with Crippen molar-refractivity contribution >= 4 is 34.5 Å². The summed E-state index contributed by atoms with van der Waals surface area (Å²) in [6, 6.07) is 21.8. The van der Waals surface area contributed by atoms with Gasteiger partial charge in [-0.3, -0.25) is 0 Å². The Hall–Kier alpha value is -3.90. The lowest BCUT2D eigenvalue weighted by molar-refractivity contribution is -0.577. The molecule has 0 amide bonds. The van der Waals surface area contributed by atoms with Crippen molar-refractivity contribution in [2.45, 2.75) is 13.5 Å². The minimum Gasteiger partial charge on any atom is -0.497 e. The first-order chi connectivity index (χ1) is 16.0. The van der Waals surface area contributed by atoms with E-state index in [9.17, 15) is 0 Å². The summed E-state index contributed by atoms with van der Waals surface area (Å²) < 4.78 is 9.21. The molecule has 164 valence electrons. The number of benzene rings is 2. The van der Waals surface area contributed by atoms with Gasteiger partial charge in [-0.25, -0.2) is 9.67 Å². The fourth-order valence-corrected chi connectivity index (χ4v) is 4.30. The fourth-order valence-electron chi connectivity index (χ4n) is 4.09. The third-order valence-electron chi connectivity index (χ3n) is 5.73. The highest BCUT2D eigenvalue weighted by molar-refractivity contribution is 6.30. The average Bonchev–Trinajstić information content (AvgIpc) is 3.31. The summed E-state index contributed by atoms with van der Waals surface area (Å²) in [4.78, 5) is 4.95. The van der Waals surface area contributed by atoms with E-state index in [-0.39, 0.29) is 0 Å². The second kappa shape index (κ2) is 8.56. The number of nitrogens with zero attached hydrogens (tertiary/aromatic N) is 4. The molecule has 0 saturated carbocycles. The summed E-state index contributed by atoms with van der Waals surface area (Å²) in [7, 11) is 1.67. The Bertz CT molecular complexity index is 1400. The van der Waals surface area contributed by atoms with Crippen LogP contribution in [0.15, 0.2) is 89.7 Å². The van der Waals surface area contributed by atoms with Crippen LogP contribution in [-0.2, 0) is 6.54 Å². The van der Waals surface area contributed by atoms with E-state index in [2.05, 4.69) is 34.8 Å². The zero-order chi connectivity index (χ0) is 22.9. The van der Waals surface area contributed by atoms with Crippen LogP contribution in [0.5, 0.6) is 5.75 Å². The van der Waals surface area contributed by atoms with Crippen LogP contribution in [-0.4, -0.2) is 22.6 Å². The molecule has 7 heteroatoms. The zero-order valence-electron chi connectivity index (χ0n) is 18.4. The molecule has 0 bridgehead atoms. The molecule has 1 aliphatic heterocycles. The minimum absolute atomic E-state index is 0.510.